The Bertz CT molecular complexity index is 838. The highest BCUT2D eigenvalue weighted by Crippen LogP contribution is 2.22. The lowest BCUT2D eigenvalue weighted by molar-refractivity contribution is 0.121. The van der Waals surface area contributed by atoms with Crippen molar-refractivity contribution in [2.45, 2.75) is 13.8 Å². The highest BCUT2D eigenvalue weighted by atomic mass is 16.5. The first-order valence-corrected chi connectivity index (χ1v) is 11.5. The van der Waals surface area contributed by atoms with E-state index in [2.05, 4.69) is 63.3 Å². The van der Waals surface area contributed by atoms with Gasteiger partial charge in [0, 0.05) is 51.0 Å². The van der Waals surface area contributed by atoms with Gasteiger partial charge in [-0.3, -0.25) is 5.43 Å². The number of benzene rings is 1. The van der Waals surface area contributed by atoms with E-state index in [1.807, 2.05) is 12.3 Å². The van der Waals surface area contributed by atoms with Crippen LogP contribution in [-0.2, 0) is 9.47 Å². The summed E-state index contributed by atoms with van der Waals surface area (Å²) in [5, 5.41) is 4.43. The van der Waals surface area contributed by atoms with Crippen LogP contribution in [0.4, 0.5) is 23.3 Å². The van der Waals surface area contributed by atoms with Crippen molar-refractivity contribution in [1.29, 1.82) is 0 Å². The Morgan fingerprint density at radius 3 is 2.19 bits per heavy atom. The fraction of sp³-hybridized carbons (Fsp3) is 0.522. The maximum atomic E-state index is 5.50. The quantitative estimate of drug-likeness (QED) is 0.496. The Morgan fingerprint density at radius 2 is 1.56 bits per heavy atom. The minimum atomic E-state index is 0.680. The van der Waals surface area contributed by atoms with Crippen LogP contribution in [0.3, 0.4) is 0 Å². The highest BCUT2D eigenvalue weighted by molar-refractivity contribution is 5.81. The minimum Gasteiger partial charge on any atom is -0.378 e. The number of morpholine rings is 2. The SMILES string of the molecule is CCN(CC)c1ccc(/C=N/Nc2cc(N3CCOCC3)nc(N3CCOCC3)n2)cc1. The number of hydrazone groups is 1. The summed E-state index contributed by atoms with van der Waals surface area (Å²) < 4.78 is 11.0. The van der Waals surface area contributed by atoms with Gasteiger partial charge in [0.05, 0.1) is 32.6 Å². The molecule has 0 bridgehead atoms. The van der Waals surface area contributed by atoms with Gasteiger partial charge in [-0.15, -0.1) is 0 Å². The van der Waals surface area contributed by atoms with Gasteiger partial charge in [-0.1, -0.05) is 12.1 Å². The van der Waals surface area contributed by atoms with Crippen LogP contribution in [0.5, 0.6) is 0 Å². The van der Waals surface area contributed by atoms with Crippen molar-refractivity contribution in [3.63, 3.8) is 0 Å². The predicted molar refractivity (Wildman–Crippen MR) is 129 cm³/mol. The number of hydrogen-bond donors (Lipinski definition) is 1. The zero-order chi connectivity index (χ0) is 22.2. The van der Waals surface area contributed by atoms with Gasteiger partial charge in [0.25, 0.3) is 0 Å². The Morgan fingerprint density at radius 1 is 0.938 bits per heavy atom. The molecule has 1 aromatic heterocycles. The van der Waals surface area contributed by atoms with Crippen LogP contribution in [0.25, 0.3) is 0 Å². The van der Waals surface area contributed by atoms with E-state index < -0.39 is 0 Å². The van der Waals surface area contributed by atoms with E-state index in [1.54, 1.807) is 0 Å². The third kappa shape index (κ3) is 5.66. The van der Waals surface area contributed by atoms with Gasteiger partial charge in [0.15, 0.2) is 5.82 Å². The molecule has 4 rings (SSSR count). The zero-order valence-corrected chi connectivity index (χ0v) is 19.0. The van der Waals surface area contributed by atoms with Gasteiger partial charge in [0.1, 0.15) is 5.82 Å². The van der Waals surface area contributed by atoms with Gasteiger partial charge < -0.3 is 24.2 Å². The summed E-state index contributed by atoms with van der Waals surface area (Å²) in [7, 11) is 0. The first-order valence-electron chi connectivity index (χ1n) is 11.5. The summed E-state index contributed by atoms with van der Waals surface area (Å²) in [5.74, 6) is 2.28. The molecule has 1 N–H and O–H groups in total. The number of aromatic nitrogens is 2. The normalized spacial score (nSPS) is 17.1. The highest BCUT2D eigenvalue weighted by Gasteiger charge is 2.19. The fourth-order valence-electron chi connectivity index (χ4n) is 3.87. The van der Waals surface area contributed by atoms with Gasteiger partial charge in [-0.25, -0.2) is 0 Å². The summed E-state index contributed by atoms with van der Waals surface area (Å²) in [4.78, 5) is 16.2. The van der Waals surface area contributed by atoms with Gasteiger partial charge in [-0.05, 0) is 31.5 Å². The molecule has 0 radical (unpaired) electrons. The molecule has 2 saturated heterocycles. The molecule has 0 unspecified atom stereocenters. The Hall–Kier alpha value is -2.91. The van der Waals surface area contributed by atoms with Crippen LogP contribution in [0.15, 0.2) is 35.4 Å². The van der Waals surface area contributed by atoms with E-state index in [9.17, 15) is 0 Å². The lowest BCUT2D eigenvalue weighted by atomic mass is 10.2. The number of rotatable bonds is 8. The number of nitrogens with one attached hydrogen (secondary N) is 1. The summed E-state index contributed by atoms with van der Waals surface area (Å²) in [6, 6.07) is 10.4. The molecule has 0 saturated carbocycles. The minimum absolute atomic E-state index is 0.680. The molecule has 2 aliphatic heterocycles. The maximum absolute atomic E-state index is 5.50. The molecule has 3 heterocycles. The smallest absolute Gasteiger partial charge is 0.229 e. The molecule has 9 heteroatoms. The van der Waals surface area contributed by atoms with Crippen LogP contribution in [0.2, 0.25) is 0 Å². The van der Waals surface area contributed by atoms with E-state index in [0.29, 0.717) is 38.2 Å². The molecule has 2 aliphatic rings. The number of ether oxygens (including phenoxy) is 2. The predicted octanol–water partition coefficient (Wildman–Crippen LogP) is 2.44. The molecular weight excluding hydrogens is 406 g/mol. The van der Waals surface area contributed by atoms with Crippen LogP contribution >= 0.6 is 0 Å². The second-order valence-electron chi connectivity index (χ2n) is 7.74. The largest absolute Gasteiger partial charge is 0.378 e. The van der Waals surface area contributed by atoms with Crippen LogP contribution in [0.1, 0.15) is 19.4 Å². The van der Waals surface area contributed by atoms with E-state index in [1.165, 1.54) is 5.69 Å². The Labute approximate surface area is 190 Å². The summed E-state index contributed by atoms with van der Waals surface area (Å²) in [6.45, 7) is 12.3. The molecular formula is C23H33N7O2. The van der Waals surface area contributed by atoms with Gasteiger partial charge >= 0.3 is 0 Å². The van der Waals surface area contributed by atoms with E-state index in [0.717, 1.165) is 50.6 Å². The molecule has 9 nitrogen and oxygen atoms in total. The average Bonchev–Trinajstić information content (AvgIpc) is 2.86. The molecule has 2 aromatic rings. The van der Waals surface area contributed by atoms with Crippen molar-refractivity contribution < 1.29 is 9.47 Å². The van der Waals surface area contributed by atoms with Crippen LogP contribution < -0.4 is 20.1 Å². The fourth-order valence-corrected chi connectivity index (χ4v) is 3.87. The summed E-state index contributed by atoms with van der Waals surface area (Å²) >= 11 is 0. The number of nitrogens with zero attached hydrogens (tertiary/aromatic N) is 6. The zero-order valence-electron chi connectivity index (χ0n) is 19.0. The molecule has 172 valence electrons. The monoisotopic (exact) mass is 439 g/mol. The van der Waals surface area contributed by atoms with Crippen LogP contribution in [0, 0.1) is 0 Å². The second-order valence-corrected chi connectivity index (χ2v) is 7.74. The molecule has 2 fully saturated rings. The maximum Gasteiger partial charge on any atom is 0.229 e. The van der Waals surface area contributed by atoms with Crippen molar-refractivity contribution >= 4 is 29.5 Å². The number of anilines is 4. The second kappa shape index (κ2) is 11.1. The number of hydrogen-bond acceptors (Lipinski definition) is 9. The lowest BCUT2D eigenvalue weighted by Gasteiger charge is -2.31. The average molecular weight is 440 g/mol. The molecule has 0 amide bonds. The van der Waals surface area contributed by atoms with Crippen molar-refractivity contribution in [1.82, 2.24) is 9.97 Å². The Kier molecular flexibility index (Phi) is 7.73. The van der Waals surface area contributed by atoms with Crippen molar-refractivity contribution in [3.8, 4) is 0 Å². The molecule has 1 aromatic carbocycles. The van der Waals surface area contributed by atoms with Gasteiger partial charge in [0.2, 0.25) is 5.95 Å². The van der Waals surface area contributed by atoms with Crippen molar-refractivity contribution in [3.05, 3.63) is 35.9 Å². The molecule has 0 aliphatic carbocycles. The van der Waals surface area contributed by atoms with Crippen molar-refractivity contribution in [2.24, 2.45) is 5.10 Å². The van der Waals surface area contributed by atoms with Crippen molar-refractivity contribution in [2.75, 3.05) is 85.8 Å². The van der Waals surface area contributed by atoms with E-state index in [4.69, 9.17) is 19.4 Å². The third-order valence-electron chi connectivity index (χ3n) is 5.74. The first kappa shape index (κ1) is 22.3. The Balaban J connectivity index is 1.49. The molecule has 0 spiro atoms. The topological polar surface area (TPSA) is 78.3 Å². The van der Waals surface area contributed by atoms with Gasteiger partial charge in [-0.2, -0.15) is 15.1 Å². The van der Waals surface area contributed by atoms with E-state index >= 15 is 0 Å². The first-order chi connectivity index (χ1) is 15.8. The third-order valence-corrected chi connectivity index (χ3v) is 5.74. The molecule has 32 heavy (non-hydrogen) atoms. The molecule has 0 atom stereocenters. The van der Waals surface area contributed by atoms with Crippen LogP contribution in [-0.4, -0.2) is 81.9 Å². The summed E-state index contributed by atoms with van der Waals surface area (Å²) in [6.07, 6.45) is 1.82. The lowest BCUT2D eigenvalue weighted by Crippen LogP contribution is -2.39. The standard InChI is InChI=1S/C23H33N7O2/c1-3-28(4-2)20-7-5-19(6-8-20)18-24-27-21-17-22(29-9-13-31-14-10-29)26-23(25-21)30-11-15-32-16-12-30/h5-8,17-18H,3-4,9-16H2,1-2H3,(H,25,26,27)/b24-18+. The summed E-state index contributed by atoms with van der Waals surface area (Å²) in [5.41, 5.74) is 5.36. The van der Waals surface area contributed by atoms with E-state index in [-0.39, 0.29) is 0 Å².